The topological polar surface area (TPSA) is 80.3 Å². The Morgan fingerprint density at radius 1 is 1.20 bits per heavy atom. The maximum absolute atomic E-state index is 12.0. The van der Waals surface area contributed by atoms with Crippen LogP contribution >= 0.6 is 11.3 Å². The second kappa shape index (κ2) is 8.11. The molecule has 2 N–H and O–H groups in total. The third-order valence-corrected chi connectivity index (χ3v) is 4.22. The van der Waals surface area contributed by atoms with Gasteiger partial charge in [-0.2, -0.15) is 0 Å². The van der Waals surface area contributed by atoms with E-state index in [9.17, 15) is 9.59 Å². The Morgan fingerprint density at radius 2 is 1.88 bits per heavy atom. The monoisotopic (exact) mass is 361 g/mol. The van der Waals surface area contributed by atoms with E-state index in [2.05, 4.69) is 15.6 Å². The lowest BCUT2D eigenvalue weighted by Gasteiger charge is -2.19. The lowest BCUT2D eigenvalue weighted by Crippen LogP contribution is -2.34. The molecule has 1 aromatic carbocycles. The molecular weight excluding hydrogens is 338 g/mol. The number of anilines is 1. The van der Waals surface area contributed by atoms with Crippen LogP contribution in [0.15, 0.2) is 30.3 Å². The molecule has 0 aliphatic heterocycles. The van der Waals surface area contributed by atoms with Crippen molar-refractivity contribution in [1.29, 1.82) is 0 Å². The zero-order valence-corrected chi connectivity index (χ0v) is 15.7. The first-order valence-corrected chi connectivity index (χ1v) is 8.86. The molecule has 0 aliphatic carbocycles. The number of benzene rings is 1. The van der Waals surface area contributed by atoms with Gasteiger partial charge >= 0.3 is 6.09 Å². The van der Waals surface area contributed by atoms with Gasteiger partial charge in [0.15, 0.2) is 5.13 Å². The van der Waals surface area contributed by atoms with Crippen molar-refractivity contribution >= 4 is 28.5 Å². The molecule has 0 saturated carbocycles. The molecule has 0 aliphatic rings. The van der Waals surface area contributed by atoms with Crippen LogP contribution in [0.25, 0.3) is 10.4 Å². The fraction of sp³-hybridized carbons (Fsp3) is 0.389. The minimum atomic E-state index is -0.557. The standard InChI is InChI=1S/C18H23N3O3S/c1-12-15(13-8-6-5-7-9-13)25-16(20-12)21-14(22)10-11-19-17(23)24-18(2,3)4/h5-9H,10-11H2,1-4H3,(H,19,23)(H,20,21,22). The van der Waals surface area contributed by atoms with E-state index in [1.807, 2.05) is 37.3 Å². The second-order valence-electron chi connectivity index (χ2n) is 6.53. The highest BCUT2D eigenvalue weighted by Crippen LogP contribution is 2.32. The molecule has 0 atom stereocenters. The fourth-order valence-corrected chi connectivity index (χ4v) is 3.07. The van der Waals surface area contributed by atoms with Crippen LogP contribution in [-0.4, -0.2) is 29.1 Å². The van der Waals surface area contributed by atoms with Crippen LogP contribution < -0.4 is 10.6 Å². The van der Waals surface area contributed by atoms with Gasteiger partial charge in [-0.15, -0.1) is 0 Å². The van der Waals surface area contributed by atoms with E-state index >= 15 is 0 Å². The van der Waals surface area contributed by atoms with Crippen molar-refractivity contribution in [2.75, 3.05) is 11.9 Å². The molecule has 2 rings (SSSR count). The first-order valence-electron chi connectivity index (χ1n) is 8.04. The van der Waals surface area contributed by atoms with E-state index in [0.717, 1.165) is 16.1 Å². The van der Waals surface area contributed by atoms with Gasteiger partial charge in [0.05, 0.1) is 10.6 Å². The summed E-state index contributed by atoms with van der Waals surface area (Å²) in [7, 11) is 0. The van der Waals surface area contributed by atoms with Gasteiger partial charge in [0.2, 0.25) is 5.91 Å². The molecule has 0 radical (unpaired) electrons. The number of aryl methyl sites for hydroxylation is 1. The van der Waals surface area contributed by atoms with Gasteiger partial charge in [0.25, 0.3) is 0 Å². The van der Waals surface area contributed by atoms with Crippen molar-refractivity contribution in [3.05, 3.63) is 36.0 Å². The van der Waals surface area contributed by atoms with E-state index in [1.54, 1.807) is 20.8 Å². The summed E-state index contributed by atoms with van der Waals surface area (Å²) in [6.07, 6.45) is -0.379. The number of alkyl carbamates (subject to hydrolysis) is 1. The lowest BCUT2D eigenvalue weighted by atomic mass is 10.2. The minimum absolute atomic E-state index is 0.151. The van der Waals surface area contributed by atoms with Gasteiger partial charge in [-0.1, -0.05) is 41.7 Å². The molecule has 0 saturated heterocycles. The molecular formula is C18H23N3O3S. The van der Waals surface area contributed by atoms with Crippen molar-refractivity contribution < 1.29 is 14.3 Å². The number of carbonyl (C=O) groups excluding carboxylic acids is 2. The van der Waals surface area contributed by atoms with Gasteiger partial charge in [0, 0.05) is 13.0 Å². The van der Waals surface area contributed by atoms with Gasteiger partial charge in [-0.25, -0.2) is 9.78 Å². The number of carbonyl (C=O) groups is 2. The number of hydrogen-bond acceptors (Lipinski definition) is 5. The number of nitrogens with one attached hydrogen (secondary N) is 2. The first kappa shape index (κ1) is 18.9. The number of thiazole rings is 1. The van der Waals surface area contributed by atoms with Crippen molar-refractivity contribution in [2.45, 2.75) is 39.7 Å². The molecule has 1 heterocycles. The smallest absolute Gasteiger partial charge is 0.407 e. The summed E-state index contributed by atoms with van der Waals surface area (Å²) in [6, 6.07) is 9.91. The zero-order valence-electron chi connectivity index (χ0n) is 14.9. The molecule has 0 fully saturated rings. The Kier molecular flexibility index (Phi) is 6.14. The Morgan fingerprint density at radius 3 is 2.52 bits per heavy atom. The Labute approximate surface area is 151 Å². The number of hydrogen-bond donors (Lipinski definition) is 2. The highest BCUT2D eigenvalue weighted by atomic mass is 32.1. The third-order valence-electron chi connectivity index (χ3n) is 3.10. The predicted molar refractivity (Wildman–Crippen MR) is 99.8 cm³/mol. The van der Waals surface area contributed by atoms with E-state index in [-0.39, 0.29) is 18.9 Å². The minimum Gasteiger partial charge on any atom is -0.444 e. The molecule has 2 amide bonds. The van der Waals surface area contributed by atoms with Crippen LogP contribution in [-0.2, 0) is 9.53 Å². The quantitative estimate of drug-likeness (QED) is 0.844. The summed E-state index contributed by atoms with van der Waals surface area (Å²) in [5, 5.41) is 5.88. The SMILES string of the molecule is Cc1nc(NC(=O)CCNC(=O)OC(C)(C)C)sc1-c1ccccc1. The van der Waals surface area contributed by atoms with Crippen LogP contribution in [0.2, 0.25) is 0 Å². The van der Waals surface area contributed by atoms with E-state index in [1.165, 1.54) is 11.3 Å². The zero-order chi connectivity index (χ0) is 18.4. The van der Waals surface area contributed by atoms with Crippen molar-refractivity contribution in [3.63, 3.8) is 0 Å². The summed E-state index contributed by atoms with van der Waals surface area (Å²) in [4.78, 5) is 29.0. The average molecular weight is 361 g/mol. The number of amides is 2. The summed E-state index contributed by atoms with van der Waals surface area (Å²) in [5.41, 5.74) is 1.39. The molecule has 6 nitrogen and oxygen atoms in total. The van der Waals surface area contributed by atoms with E-state index < -0.39 is 11.7 Å². The molecule has 0 spiro atoms. The van der Waals surface area contributed by atoms with Crippen molar-refractivity contribution in [2.24, 2.45) is 0 Å². The maximum Gasteiger partial charge on any atom is 0.407 e. The number of aromatic nitrogens is 1. The molecule has 1 aromatic heterocycles. The van der Waals surface area contributed by atoms with E-state index in [4.69, 9.17) is 4.74 Å². The average Bonchev–Trinajstić information content (AvgIpc) is 2.86. The summed E-state index contributed by atoms with van der Waals surface area (Å²) >= 11 is 1.43. The Hall–Kier alpha value is -2.41. The van der Waals surface area contributed by atoms with Crippen molar-refractivity contribution in [3.8, 4) is 10.4 Å². The fourth-order valence-electron chi connectivity index (χ4n) is 2.08. The molecule has 134 valence electrons. The molecule has 2 aromatic rings. The summed E-state index contributed by atoms with van der Waals surface area (Å²) < 4.78 is 5.11. The van der Waals surface area contributed by atoms with Crippen LogP contribution in [0.4, 0.5) is 9.93 Å². The van der Waals surface area contributed by atoms with Gasteiger partial charge < -0.3 is 15.4 Å². The third kappa shape index (κ3) is 6.19. The van der Waals surface area contributed by atoms with Gasteiger partial charge in [0.1, 0.15) is 5.60 Å². The number of ether oxygens (including phenoxy) is 1. The second-order valence-corrected chi connectivity index (χ2v) is 7.53. The van der Waals surface area contributed by atoms with Crippen molar-refractivity contribution in [1.82, 2.24) is 10.3 Å². The van der Waals surface area contributed by atoms with Gasteiger partial charge in [-0.3, -0.25) is 4.79 Å². The van der Waals surface area contributed by atoms with E-state index in [0.29, 0.717) is 5.13 Å². The largest absolute Gasteiger partial charge is 0.444 e. The molecule has 25 heavy (non-hydrogen) atoms. The summed E-state index contributed by atoms with van der Waals surface area (Å²) in [6.45, 7) is 7.48. The normalized spacial score (nSPS) is 11.0. The highest BCUT2D eigenvalue weighted by Gasteiger charge is 2.16. The van der Waals surface area contributed by atoms with Gasteiger partial charge in [-0.05, 0) is 33.3 Å². The number of nitrogens with zero attached hydrogens (tertiary/aromatic N) is 1. The molecule has 0 bridgehead atoms. The molecule has 0 unspecified atom stereocenters. The Balaban J connectivity index is 1.84. The lowest BCUT2D eigenvalue weighted by molar-refractivity contribution is -0.116. The van der Waals surface area contributed by atoms with Crippen LogP contribution in [0.1, 0.15) is 32.9 Å². The number of rotatable bonds is 5. The highest BCUT2D eigenvalue weighted by molar-refractivity contribution is 7.19. The predicted octanol–water partition coefficient (Wildman–Crippen LogP) is 3.97. The van der Waals surface area contributed by atoms with Crippen LogP contribution in [0, 0.1) is 6.92 Å². The van der Waals surface area contributed by atoms with Crippen LogP contribution in [0.5, 0.6) is 0 Å². The first-order chi connectivity index (χ1) is 11.7. The maximum atomic E-state index is 12.0. The summed E-state index contributed by atoms with van der Waals surface area (Å²) in [5.74, 6) is -0.204. The Bertz CT molecular complexity index is 736. The van der Waals surface area contributed by atoms with Crippen LogP contribution in [0.3, 0.4) is 0 Å². The molecule has 7 heteroatoms.